The van der Waals surface area contributed by atoms with Crippen LogP contribution in [0.25, 0.3) is 0 Å². The molecule has 5 heteroatoms. The average Bonchev–Trinajstić information content (AvgIpc) is 2.36. The highest BCUT2D eigenvalue weighted by Crippen LogP contribution is 2.15. The van der Waals surface area contributed by atoms with E-state index in [-0.39, 0.29) is 11.3 Å². The summed E-state index contributed by atoms with van der Waals surface area (Å²) in [7, 11) is 0. The lowest BCUT2D eigenvalue weighted by Crippen LogP contribution is -2.17. The highest BCUT2D eigenvalue weighted by Gasteiger charge is 2.01. The van der Waals surface area contributed by atoms with Crippen molar-refractivity contribution in [3.8, 4) is 5.75 Å². The third-order valence-corrected chi connectivity index (χ3v) is 2.76. The first-order valence-electron chi connectivity index (χ1n) is 6.01. The van der Waals surface area contributed by atoms with Gasteiger partial charge in [-0.2, -0.15) is 0 Å². The van der Waals surface area contributed by atoms with Gasteiger partial charge in [-0.3, -0.25) is 4.79 Å². The van der Waals surface area contributed by atoms with Crippen LogP contribution < -0.4 is 10.9 Å². The molecule has 0 saturated heterocycles. The molecule has 1 heterocycles. The van der Waals surface area contributed by atoms with Crippen LogP contribution in [-0.2, 0) is 13.1 Å². The van der Waals surface area contributed by atoms with Crippen LogP contribution in [0.1, 0.15) is 12.5 Å². The van der Waals surface area contributed by atoms with Gasteiger partial charge in [-0.25, -0.2) is 4.39 Å². The third-order valence-electron chi connectivity index (χ3n) is 2.76. The van der Waals surface area contributed by atoms with Crippen LogP contribution in [-0.4, -0.2) is 9.67 Å². The van der Waals surface area contributed by atoms with Gasteiger partial charge in [0.25, 0.3) is 5.56 Å². The number of anilines is 1. The molecule has 0 unspecified atom stereocenters. The second-order valence-electron chi connectivity index (χ2n) is 4.21. The Morgan fingerprint density at radius 2 is 2.11 bits per heavy atom. The summed E-state index contributed by atoms with van der Waals surface area (Å²) in [6.45, 7) is 2.85. The lowest BCUT2D eigenvalue weighted by molar-refractivity contribution is 0.468. The van der Waals surface area contributed by atoms with Gasteiger partial charge >= 0.3 is 0 Å². The lowest BCUT2D eigenvalue weighted by Gasteiger charge is -2.09. The number of hydrogen-bond acceptors (Lipinski definition) is 3. The second kappa shape index (κ2) is 5.56. The van der Waals surface area contributed by atoms with E-state index in [4.69, 9.17) is 0 Å². The fraction of sp³-hybridized carbons (Fsp3) is 0.214. The number of rotatable bonds is 4. The minimum atomic E-state index is -0.477. The number of nitrogens with zero attached hydrogens (tertiary/aromatic N) is 1. The van der Waals surface area contributed by atoms with E-state index in [1.54, 1.807) is 16.8 Å². The Kier molecular flexibility index (Phi) is 3.85. The van der Waals surface area contributed by atoms with Crippen LogP contribution in [0.3, 0.4) is 0 Å². The number of aryl methyl sites for hydroxylation is 1. The van der Waals surface area contributed by atoms with Crippen molar-refractivity contribution >= 4 is 5.69 Å². The summed E-state index contributed by atoms with van der Waals surface area (Å²) in [5, 5.41) is 12.4. The van der Waals surface area contributed by atoms with Crippen LogP contribution >= 0.6 is 0 Å². The zero-order valence-electron chi connectivity index (χ0n) is 10.6. The van der Waals surface area contributed by atoms with Gasteiger partial charge < -0.3 is 15.0 Å². The fourth-order valence-corrected chi connectivity index (χ4v) is 1.82. The Morgan fingerprint density at radius 1 is 1.32 bits per heavy atom. The summed E-state index contributed by atoms with van der Waals surface area (Å²) in [6, 6.07) is 7.05. The molecule has 19 heavy (non-hydrogen) atoms. The summed E-state index contributed by atoms with van der Waals surface area (Å²) < 4.78 is 14.7. The number of halogens is 1. The summed E-state index contributed by atoms with van der Waals surface area (Å²) in [4.78, 5) is 11.4. The van der Waals surface area contributed by atoms with E-state index in [0.717, 1.165) is 11.8 Å². The zero-order valence-corrected chi connectivity index (χ0v) is 10.6. The Hall–Kier alpha value is -2.30. The average molecular weight is 262 g/mol. The molecule has 0 bridgehead atoms. The molecule has 0 amide bonds. The SMILES string of the molecule is CCn1cc(NCc2cc(O)cc(F)c2)ccc1=O. The summed E-state index contributed by atoms with van der Waals surface area (Å²) in [5.74, 6) is -0.578. The van der Waals surface area contributed by atoms with Crippen molar-refractivity contribution in [2.45, 2.75) is 20.0 Å². The minimum absolute atomic E-state index is 0.0588. The number of phenols is 1. The van der Waals surface area contributed by atoms with Crippen molar-refractivity contribution in [1.82, 2.24) is 4.57 Å². The molecule has 2 N–H and O–H groups in total. The highest BCUT2D eigenvalue weighted by molar-refractivity contribution is 5.41. The smallest absolute Gasteiger partial charge is 0.250 e. The van der Waals surface area contributed by atoms with E-state index < -0.39 is 5.82 Å². The molecule has 1 aromatic heterocycles. The Balaban J connectivity index is 2.12. The maximum atomic E-state index is 13.1. The van der Waals surface area contributed by atoms with E-state index in [0.29, 0.717) is 18.7 Å². The van der Waals surface area contributed by atoms with E-state index >= 15 is 0 Å². The van der Waals surface area contributed by atoms with E-state index in [1.807, 2.05) is 6.92 Å². The molecule has 2 rings (SSSR count). The van der Waals surface area contributed by atoms with Crippen molar-refractivity contribution in [2.24, 2.45) is 0 Å². The predicted molar refractivity (Wildman–Crippen MR) is 71.8 cm³/mol. The molecule has 2 aromatic rings. The van der Waals surface area contributed by atoms with Gasteiger partial charge in [-0.1, -0.05) is 0 Å². The Morgan fingerprint density at radius 3 is 2.79 bits per heavy atom. The van der Waals surface area contributed by atoms with E-state index in [1.165, 1.54) is 18.2 Å². The molecule has 0 aliphatic carbocycles. The molecule has 100 valence electrons. The molecule has 4 nitrogen and oxygen atoms in total. The van der Waals surface area contributed by atoms with Crippen molar-refractivity contribution in [1.29, 1.82) is 0 Å². The number of hydrogen-bond donors (Lipinski definition) is 2. The molecular weight excluding hydrogens is 247 g/mol. The van der Waals surface area contributed by atoms with Gasteiger partial charge in [-0.05, 0) is 30.7 Å². The third kappa shape index (κ3) is 3.34. The van der Waals surface area contributed by atoms with Crippen molar-refractivity contribution < 1.29 is 9.50 Å². The summed E-state index contributed by atoms with van der Waals surface area (Å²) in [5.41, 5.74) is 1.34. The van der Waals surface area contributed by atoms with Gasteiger partial charge in [0.2, 0.25) is 0 Å². The number of pyridine rings is 1. The first kappa shape index (κ1) is 13.1. The molecule has 0 fully saturated rings. The van der Waals surface area contributed by atoms with Crippen LogP contribution in [0.4, 0.5) is 10.1 Å². The number of aromatic nitrogens is 1. The topological polar surface area (TPSA) is 54.3 Å². The Bertz CT molecular complexity index is 617. The largest absolute Gasteiger partial charge is 0.508 e. The lowest BCUT2D eigenvalue weighted by atomic mass is 10.2. The van der Waals surface area contributed by atoms with E-state index in [2.05, 4.69) is 5.32 Å². The van der Waals surface area contributed by atoms with Crippen molar-refractivity contribution in [3.63, 3.8) is 0 Å². The summed E-state index contributed by atoms with van der Waals surface area (Å²) >= 11 is 0. The van der Waals surface area contributed by atoms with Gasteiger partial charge in [-0.15, -0.1) is 0 Å². The first-order chi connectivity index (χ1) is 9.08. The van der Waals surface area contributed by atoms with Gasteiger partial charge in [0, 0.05) is 31.4 Å². The number of nitrogens with one attached hydrogen (secondary N) is 1. The van der Waals surface area contributed by atoms with Crippen LogP contribution in [0.15, 0.2) is 41.3 Å². The summed E-state index contributed by atoms with van der Waals surface area (Å²) in [6.07, 6.45) is 1.71. The second-order valence-corrected chi connectivity index (χ2v) is 4.21. The maximum Gasteiger partial charge on any atom is 0.250 e. The molecule has 0 aliphatic heterocycles. The number of benzene rings is 1. The van der Waals surface area contributed by atoms with Gasteiger partial charge in [0.1, 0.15) is 11.6 Å². The van der Waals surface area contributed by atoms with Gasteiger partial charge in [0.05, 0.1) is 5.69 Å². The normalized spacial score (nSPS) is 10.4. The molecule has 0 saturated carbocycles. The van der Waals surface area contributed by atoms with Crippen molar-refractivity contribution in [2.75, 3.05) is 5.32 Å². The molecule has 1 aromatic carbocycles. The first-order valence-corrected chi connectivity index (χ1v) is 6.01. The fourth-order valence-electron chi connectivity index (χ4n) is 1.82. The molecule has 0 spiro atoms. The zero-order chi connectivity index (χ0) is 13.8. The number of aromatic hydroxyl groups is 1. The minimum Gasteiger partial charge on any atom is -0.508 e. The molecular formula is C14H15FN2O2. The van der Waals surface area contributed by atoms with Crippen LogP contribution in [0.2, 0.25) is 0 Å². The molecule has 0 atom stereocenters. The van der Waals surface area contributed by atoms with Crippen LogP contribution in [0.5, 0.6) is 5.75 Å². The Labute approximate surface area is 110 Å². The standard InChI is InChI=1S/C14H15FN2O2/c1-2-17-9-12(3-4-14(17)19)16-8-10-5-11(15)7-13(18)6-10/h3-7,9,16,18H,2,8H2,1H3. The number of phenolic OH excluding ortho intramolecular Hbond substituents is 1. The maximum absolute atomic E-state index is 13.1. The quantitative estimate of drug-likeness (QED) is 0.889. The monoisotopic (exact) mass is 262 g/mol. The highest BCUT2D eigenvalue weighted by atomic mass is 19.1. The van der Waals surface area contributed by atoms with E-state index in [9.17, 15) is 14.3 Å². The molecule has 0 aliphatic rings. The van der Waals surface area contributed by atoms with Gasteiger partial charge in [0.15, 0.2) is 0 Å². The molecule has 0 radical (unpaired) electrons. The van der Waals surface area contributed by atoms with Crippen molar-refractivity contribution in [3.05, 3.63) is 58.3 Å². The predicted octanol–water partition coefficient (Wildman–Crippen LogP) is 2.33. The van der Waals surface area contributed by atoms with Crippen LogP contribution in [0, 0.1) is 5.82 Å².